The van der Waals surface area contributed by atoms with Gasteiger partial charge < -0.3 is 16.0 Å². The lowest BCUT2D eigenvalue weighted by Crippen LogP contribution is -2.34. The average molecular weight is 322 g/mol. The van der Waals surface area contributed by atoms with Gasteiger partial charge in [-0.15, -0.1) is 0 Å². The molecule has 6 heteroatoms. The Labute approximate surface area is 138 Å². The van der Waals surface area contributed by atoms with Crippen LogP contribution in [-0.2, 0) is 4.79 Å². The third kappa shape index (κ3) is 4.44. The van der Waals surface area contributed by atoms with Crippen molar-refractivity contribution in [3.63, 3.8) is 0 Å². The molecule has 0 saturated carbocycles. The highest BCUT2D eigenvalue weighted by atomic mass is 32.1. The second kappa shape index (κ2) is 7.79. The fourth-order valence-corrected chi connectivity index (χ4v) is 1.98. The van der Waals surface area contributed by atoms with Gasteiger partial charge in [0.2, 0.25) is 0 Å². The molecule has 0 heterocycles. The molecule has 0 atom stereocenters. The Kier molecular flexibility index (Phi) is 5.52. The predicted molar refractivity (Wildman–Crippen MR) is 93.5 cm³/mol. The first-order chi connectivity index (χ1) is 11.1. The molecule has 114 valence electrons. The van der Waals surface area contributed by atoms with Crippen LogP contribution in [0.15, 0.2) is 66.2 Å². The minimum atomic E-state index is -0.669. The molecule has 0 aliphatic rings. The van der Waals surface area contributed by atoms with Crippen molar-refractivity contribution in [3.8, 4) is 0 Å². The van der Waals surface area contributed by atoms with Crippen LogP contribution < -0.4 is 10.6 Å². The minimum Gasteiger partial charge on any atom is -0.763 e. The Morgan fingerprint density at radius 1 is 0.957 bits per heavy atom. The van der Waals surface area contributed by atoms with Crippen LogP contribution in [0, 0.1) is 0 Å². The van der Waals surface area contributed by atoms with Crippen molar-refractivity contribution in [2.75, 3.05) is 5.32 Å². The standard InChI is InChI=1S/C17H12N3O2S/c18-11-14(16(22)19-13-9-5-2-6-10-13)17(23)20-15(21)12-7-3-1-4-8-12/h1-10H,(H,19,22)(H,20,21,23)/q-1. The number of nitrogens with one attached hydrogen (secondary N) is 2. The van der Waals surface area contributed by atoms with Crippen LogP contribution in [0.5, 0.6) is 0 Å². The maximum Gasteiger partial charge on any atom is 0.264 e. The minimum absolute atomic E-state index is 0.213. The Morgan fingerprint density at radius 2 is 1.52 bits per heavy atom. The summed E-state index contributed by atoms with van der Waals surface area (Å²) in [7, 11) is 0. The van der Waals surface area contributed by atoms with Gasteiger partial charge in [0.15, 0.2) is 0 Å². The highest BCUT2D eigenvalue weighted by Gasteiger charge is 2.16. The number of thiocarbonyl (C=S) groups is 1. The zero-order valence-corrected chi connectivity index (χ0v) is 12.8. The van der Waals surface area contributed by atoms with Gasteiger partial charge in [0, 0.05) is 11.3 Å². The van der Waals surface area contributed by atoms with Crippen molar-refractivity contribution < 1.29 is 9.59 Å². The molecule has 0 radical (unpaired) electrons. The van der Waals surface area contributed by atoms with Gasteiger partial charge in [-0.3, -0.25) is 15.5 Å². The first-order valence-electron chi connectivity index (χ1n) is 6.66. The number of amides is 2. The summed E-state index contributed by atoms with van der Waals surface area (Å²) < 4.78 is 0. The number of nitrogens with zero attached hydrogens (tertiary/aromatic N) is 1. The second-order valence-electron chi connectivity index (χ2n) is 4.46. The average Bonchev–Trinajstić information content (AvgIpc) is 2.57. The van der Waals surface area contributed by atoms with Gasteiger partial charge >= 0.3 is 0 Å². The first-order valence-corrected chi connectivity index (χ1v) is 7.07. The van der Waals surface area contributed by atoms with E-state index in [1.54, 1.807) is 66.5 Å². The van der Waals surface area contributed by atoms with Crippen molar-refractivity contribution in [3.05, 3.63) is 77.2 Å². The van der Waals surface area contributed by atoms with Crippen LogP contribution >= 0.6 is 12.2 Å². The zero-order valence-electron chi connectivity index (χ0n) is 11.9. The molecule has 23 heavy (non-hydrogen) atoms. The molecule has 0 aromatic heterocycles. The topological polar surface area (TPSA) is 80.5 Å². The molecule has 0 bridgehead atoms. The molecule has 0 aliphatic heterocycles. The number of hydrogen-bond donors (Lipinski definition) is 2. The molecule has 2 amide bonds. The summed E-state index contributed by atoms with van der Waals surface area (Å²) in [5.41, 5.74) is 0.589. The van der Waals surface area contributed by atoms with E-state index in [9.17, 15) is 9.59 Å². The summed E-state index contributed by atoms with van der Waals surface area (Å²) >= 11 is 4.99. The Hall–Kier alpha value is -3.08. The first kappa shape index (κ1) is 16.3. The van der Waals surface area contributed by atoms with E-state index < -0.39 is 11.8 Å². The summed E-state index contributed by atoms with van der Waals surface area (Å²) in [4.78, 5) is 23.9. The summed E-state index contributed by atoms with van der Waals surface area (Å²) in [5, 5.41) is 14.1. The van der Waals surface area contributed by atoms with Crippen LogP contribution in [0.4, 0.5) is 5.69 Å². The lowest BCUT2D eigenvalue weighted by Gasteiger charge is -2.11. The monoisotopic (exact) mass is 322 g/mol. The summed E-state index contributed by atoms with van der Waals surface area (Å²) in [6, 6.07) is 17.0. The molecular weight excluding hydrogens is 310 g/mol. The van der Waals surface area contributed by atoms with E-state index in [2.05, 4.69) is 10.6 Å². The molecule has 2 N–H and O–H groups in total. The van der Waals surface area contributed by atoms with E-state index in [4.69, 9.17) is 17.6 Å². The van der Waals surface area contributed by atoms with E-state index in [1.165, 1.54) is 0 Å². The predicted octanol–water partition coefficient (Wildman–Crippen LogP) is 2.55. The maximum absolute atomic E-state index is 12.1. The van der Waals surface area contributed by atoms with Crippen molar-refractivity contribution in [1.29, 1.82) is 0 Å². The van der Waals surface area contributed by atoms with Gasteiger partial charge in [0.1, 0.15) is 4.99 Å². The molecular formula is C17H12N3O2S-. The van der Waals surface area contributed by atoms with Gasteiger partial charge in [0.05, 0.1) is 5.57 Å². The van der Waals surface area contributed by atoms with E-state index in [0.717, 1.165) is 0 Å². The van der Waals surface area contributed by atoms with Crippen molar-refractivity contribution in [2.24, 2.45) is 0 Å². The van der Waals surface area contributed by atoms with Crippen molar-refractivity contribution in [2.45, 2.75) is 0 Å². The number of rotatable bonds is 4. The lowest BCUT2D eigenvalue weighted by atomic mass is 10.2. The van der Waals surface area contributed by atoms with Gasteiger partial charge in [-0.2, -0.15) is 0 Å². The molecule has 0 aliphatic carbocycles. The maximum atomic E-state index is 12.1. The molecule has 0 saturated heterocycles. The molecule has 0 unspecified atom stereocenters. The van der Waals surface area contributed by atoms with E-state index in [0.29, 0.717) is 11.3 Å². The van der Waals surface area contributed by atoms with E-state index in [-0.39, 0.29) is 10.6 Å². The van der Waals surface area contributed by atoms with E-state index in [1.807, 2.05) is 0 Å². The van der Waals surface area contributed by atoms with Crippen molar-refractivity contribution >= 4 is 40.6 Å². The van der Waals surface area contributed by atoms with E-state index >= 15 is 0 Å². The number of benzene rings is 2. The lowest BCUT2D eigenvalue weighted by molar-refractivity contribution is -0.112. The van der Waals surface area contributed by atoms with Gasteiger partial charge in [-0.1, -0.05) is 48.6 Å². The van der Waals surface area contributed by atoms with Crippen LogP contribution in [0.2, 0.25) is 0 Å². The third-order valence-electron chi connectivity index (χ3n) is 2.86. The second-order valence-corrected chi connectivity index (χ2v) is 4.86. The number of para-hydroxylation sites is 1. The molecule has 2 aromatic carbocycles. The number of carbonyl (C=O) groups is 2. The zero-order chi connectivity index (χ0) is 16.7. The fraction of sp³-hybridized carbons (Fsp3) is 0. The Bertz CT molecular complexity index is 782. The van der Waals surface area contributed by atoms with Gasteiger partial charge in [-0.25, -0.2) is 0 Å². The quantitative estimate of drug-likeness (QED) is 0.516. The van der Waals surface area contributed by atoms with Gasteiger partial charge in [-0.05, 0) is 24.3 Å². The normalized spacial score (nSPS) is 9.39. The molecule has 0 fully saturated rings. The number of hydrogen-bond acceptors (Lipinski definition) is 3. The SMILES string of the molecule is [N-]=C=C(C(=O)Nc1ccccc1)C(=S)NC(=O)c1ccccc1. The number of carbonyl (C=O) groups excluding carboxylic acids is 2. The van der Waals surface area contributed by atoms with Crippen LogP contribution in [0.3, 0.4) is 0 Å². The molecule has 2 rings (SSSR count). The van der Waals surface area contributed by atoms with Crippen molar-refractivity contribution in [1.82, 2.24) is 5.32 Å². The summed E-state index contributed by atoms with van der Waals surface area (Å²) in [6.45, 7) is 0. The van der Waals surface area contributed by atoms with Crippen LogP contribution in [0.25, 0.3) is 5.41 Å². The van der Waals surface area contributed by atoms with Crippen LogP contribution in [-0.4, -0.2) is 22.7 Å². The summed E-state index contributed by atoms with van der Waals surface area (Å²) in [6.07, 6.45) is 0. The summed E-state index contributed by atoms with van der Waals surface area (Å²) in [5.74, 6) is 0.582. The fourth-order valence-electron chi connectivity index (χ4n) is 1.75. The Morgan fingerprint density at radius 3 is 2.09 bits per heavy atom. The van der Waals surface area contributed by atoms with Crippen LogP contribution in [0.1, 0.15) is 10.4 Å². The highest BCUT2D eigenvalue weighted by Crippen LogP contribution is 2.07. The smallest absolute Gasteiger partial charge is 0.264 e. The molecule has 0 spiro atoms. The largest absolute Gasteiger partial charge is 0.763 e. The molecule has 2 aromatic rings. The number of anilines is 1. The third-order valence-corrected chi connectivity index (χ3v) is 3.17. The highest BCUT2D eigenvalue weighted by molar-refractivity contribution is 7.81. The Balaban J connectivity index is 2.06. The van der Waals surface area contributed by atoms with Gasteiger partial charge in [0.25, 0.3) is 11.8 Å². The molecule has 5 nitrogen and oxygen atoms in total.